The molecule has 1 atom stereocenters. The van der Waals surface area contributed by atoms with Gasteiger partial charge in [-0.1, -0.05) is 78.4 Å². The van der Waals surface area contributed by atoms with Gasteiger partial charge in [0.05, 0.1) is 5.92 Å². The SMILES string of the molecule is CCCCCCCCC(Cc1cc(C)c(O)c(C(C)(C)C)c1)C(=O)O. The highest BCUT2D eigenvalue weighted by atomic mass is 16.4. The van der Waals surface area contributed by atoms with E-state index in [0.29, 0.717) is 12.2 Å². The van der Waals surface area contributed by atoms with Crippen molar-refractivity contribution in [2.45, 2.75) is 91.4 Å². The average Bonchev–Trinajstić information content (AvgIpc) is 2.51. The van der Waals surface area contributed by atoms with Gasteiger partial charge in [-0.2, -0.15) is 0 Å². The van der Waals surface area contributed by atoms with E-state index in [2.05, 4.69) is 27.7 Å². The van der Waals surface area contributed by atoms with E-state index in [1.165, 1.54) is 25.7 Å². The Morgan fingerprint density at radius 2 is 1.68 bits per heavy atom. The Balaban J connectivity index is 2.75. The minimum absolute atomic E-state index is 0.164. The molecule has 1 unspecified atom stereocenters. The van der Waals surface area contributed by atoms with E-state index >= 15 is 0 Å². The lowest BCUT2D eigenvalue weighted by Crippen LogP contribution is -2.18. The Kier molecular flexibility index (Phi) is 8.47. The predicted molar refractivity (Wildman–Crippen MR) is 104 cm³/mol. The second-order valence-electron chi connectivity index (χ2n) is 8.35. The summed E-state index contributed by atoms with van der Waals surface area (Å²) in [7, 11) is 0. The first-order valence-corrected chi connectivity index (χ1v) is 9.72. The number of phenols is 1. The fourth-order valence-corrected chi connectivity index (χ4v) is 3.31. The van der Waals surface area contributed by atoms with Crippen LogP contribution in [-0.4, -0.2) is 16.2 Å². The number of benzene rings is 1. The van der Waals surface area contributed by atoms with Crippen molar-refractivity contribution in [2.75, 3.05) is 0 Å². The number of rotatable bonds is 10. The third kappa shape index (κ3) is 7.09. The van der Waals surface area contributed by atoms with Crippen molar-refractivity contribution in [3.05, 3.63) is 28.8 Å². The van der Waals surface area contributed by atoms with E-state index in [1.807, 2.05) is 19.1 Å². The highest BCUT2D eigenvalue weighted by molar-refractivity contribution is 5.70. The molecular formula is C22H36O3. The van der Waals surface area contributed by atoms with Crippen molar-refractivity contribution in [2.24, 2.45) is 5.92 Å². The fraction of sp³-hybridized carbons (Fsp3) is 0.682. The lowest BCUT2D eigenvalue weighted by atomic mass is 9.82. The minimum Gasteiger partial charge on any atom is -0.507 e. The molecule has 142 valence electrons. The summed E-state index contributed by atoms with van der Waals surface area (Å²) in [5.41, 5.74) is 2.57. The van der Waals surface area contributed by atoms with Crippen molar-refractivity contribution >= 4 is 5.97 Å². The van der Waals surface area contributed by atoms with Crippen LogP contribution in [0.15, 0.2) is 12.1 Å². The molecule has 0 aromatic heterocycles. The highest BCUT2D eigenvalue weighted by Crippen LogP contribution is 2.35. The molecule has 1 aromatic rings. The molecule has 0 aliphatic heterocycles. The molecule has 25 heavy (non-hydrogen) atoms. The van der Waals surface area contributed by atoms with Crippen LogP contribution in [0, 0.1) is 12.8 Å². The van der Waals surface area contributed by atoms with Crippen LogP contribution in [0.25, 0.3) is 0 Å². The number of hydrogen-bond acceptors (Lipinski definition) is 2. The van der Waals surface area contributed by atoms with E-state index in [-0.39, 0.29) is 11.3 Å². The summed E-state index contributed by atoms with van der Waals surface area (Å²) in [4.78, 5) is 11.7. The average molecular weight is 349 g/mol. The molecule has 0 spiro atoms. The number of carbonyl (C=O) groups is 1. The molecule has 3 nitrogen and oxygen atoms in total. The van der Waals surface area contributed by atoms with Crippen LogP contribution in [-0.2, 0) is 16.6 Å². The number of hydrogen-bond donors (Lipinski definition) is 2. The van der Waals surface area contributed by atoms with Crippen LogP contribution < -0.4 is 0 Å². The standard InChI is InChI=1S/C22H36O3/c1-6-7-8-9-10-11-12-18(21(24)25)14-17-13-16(2)20(23)19(15-17)22(3,4)5/h13,15,18,23H,6-12,14H2,1-5H3,(H,24,25). The fourth-order valence-electron chi connectivity index (χ4n) is 3.31. The molecule has 1 aromatic carbocycles. The number of unbranched alkanes of at least 4 members (excludes halogenated alkanes) is 5. The number of aromatic hydroxyl groups is 1. The van der Waals surface area contributed by atoms with E-state index in [9.17, 15) is 15.0 Å². The maximum atomic E-state index is 11.7. The molecule has 0 heterocycles. The van der Waals surface area contributed by atoms with Gasteiger partial charge in [0.15, 0.2) is 0 Å². The zero-order chi connectivity index (χ0) is 19.0. The number of aliphatic carboxylic acids is 1. The first-order valence-electron chi connectivity index (χ1n) is 9.72. The molecule has 0 saturated heterocycles. The summed E-state index contributed by atoms with van der Waals surface area (Å²) in [5, 5.41) is 19.9. The summed E-state index contributed by atoms with van der Waals surface area (Å²) in [6.45, 7) is 10.3. The molecule has 3 heteroatoms. The van der Waals surface area contributed by atoms with Gasteiger partial charge in [0.25, 0.3) is 0 Å². The first-order chi connectivity index (χ1) is 11.7. The molecule has 0 bridgehead atoms. The van der Waals surface area contributed by atoms with E-state index < -0.39 is 5.97 Å². The first kappa shape index (κ1) is 21.5. The number of carboxylic acid groups (broad SMARTS) is 1. The van der Waals surface area contributed by atoms with E-state index in [4.69, 9.17) is 0 Å². The lowest BCUT2D eigenvalue weighted by Gasteiger charge is -2.23. The van der Waals surface area contributed by atoms with Gasteiger partial charge in [-0.25, -0.2) is 0 Å². The van der Waals surface area contributed by atoms with Crippen LogP contribution in [0.5, 0.6) is 5.75 Å². The van der Waals surface area contributed by atoms with Crippen LogP contribution in [0.4, 0.5) is 0 Å². The topological polar surface area (TPSA) is 57.5 Å². The lowest BCUT2D eigenvalue weighted by molar-refractivity contribution is -0.142. The maximum Gasteiger partial charge on any atom is 0.306 e. The van der Waals surface area contributed by atoms with E-state index in [0.717, 1.165) is 36.0 Å². The van der Waals surface area contributed by atoms with Crippen molar-refractivity contribution in [1.29, 1.82) is 0 Å². The van der Waals surface area contributed by atoms with Gasteiger partial charge in [-0.3, -0.25) is 4.79 Å². The molecule has 0 aliphatic rings. The largest absolute Gasteiger partial charge is 0.507 e. The third-order valence-electron chi connectivity index (χ3n) is 4.91. The zero-order valence-corrected chi connectivity index (χ0v) is 16.7. The van der Waals surface area contributed by atoms with Crippen LogP contribution in [0.3, 0.4) is 0 Å². The molecule has 0 amide bonds. The van der Waals surface area contributed by atoms with Crippen molar-refractivity contribution in [1.82, 2.24) is 0 Å². The second kappa shape index (κ2) is 9.84. The molecular weight excluding hydrogens is 312 g/mol. The number of aryl methyl sites for hydroxylation is 1. The van der Waals surface area contributed by atoms with Crippen LogP contribution in [0.1, 0.15) is 89.3 Å². The Morgan fingerprint density at radius 3 is 2.24 bits per heavy atom. The number of carboxylic acids is 1. The summed E-state index contributed by atoms with van der Waals surface area (Å²) in [6.07, 6.45) is 8.31. The molecule has 2 N–H and O–H groups in total. The summed E-state index contributed by atoms with van der Waals surface area (Å²) in [6, 6.07) is 3.92. The van der Waals surface area contributed by atoms with Crippen molar-refractivity contribution in [3.8, 4) is 5.75 Å². The Labute approximate surface area is 153 Å². The normalized spacial score (nSPS) is 13.0. The maximum absolute atomic E-state index is 11.7. The van der Waals surface area contributed by atoms with Gasteiger partial charge in [0, 0.05) is 0 Å². The van der Waals surface area contributed by atoms with E-state index in [1.54, 1.807) is 0 Å². The quantitative estimate of drug-likeness (QED) is 0.510. The van der Waals surface area contributed by atoms with Gasteiger partial charge >= 0.3 is 5.97 Å². The van der Waals surface area contributed by atoms with Crippen molar-refractivity contribution in [3.63, 3.8) is 0 Å². The molecule has 1 rings (SSSR count). The van der Waals surface area contributed by atoms with Gasteiger partial charge in [-0.15, -0.1) is 0 Å². The Bertz CT molecular complexity index is 555. The predicted octanol–water partition coefficient (Wildman–Crippen LogP) is 5.99. The summed E-state index contributed by atoms with van der Waals surface area (Å²) < 4.78 is 0. The summed E-state index contributed by atoms with van der Waals surface area (Å²) in [5.74, 6) is -0.724. The molecule has 0 aliphatic carbocycles. The molecule has 0 saturated carbocycles. The minimum atomic E-state index is -0.711. The van der Waals surface area contributed by atoms with Crippen molar-refractivity contribution < 1.29 is 15.0 Å². The van der Waals surface area contributed by atoms with Crippen LogP contribution >= 0.6 is 0 Å². The van der Waals surface area contributed by atoms with Gasteiger partial charge in [0.1, 0.15) is 5.75 Å². The smallest absolute Gasteiger partial charge is 0.306 e. The zero-order valence-electron chi connectivity index (χ0n) is 16.7. The monoisotopic (exact) mass is 348 g/mol. The molecule has 0 fully saturated rings. The van der Waals surface area contributed by atoms with Gasteiger partial charge in [0.2, 0.25) is 0 Å². The van der Waals surface area contributed by atoms with Crippen LogP contribution in [0.2, 0.25) is 0 Å². The third-order valence-corrected chi connectivity index (χ3v) is 4.91. The second-order valence-corrected chi connectivity index (χ2v) is 8.35. The Morgan fingerprint density at radius 1 is 1.08 bits per heavy atom. The molecule has 0 radical (unpaired) electrons. The highest BCUT2D eigenvalue weighted by Gasteiger charge is 2.23. The van der Waals surface area contributed by atoms with Gasteiger partial charge < -0.3 is 10.2 Å². The Hall–Kier alpha value is -1.51. The van der Waals surface area contributed by atoms with Gasteiger partial charge in [-0.05, 0) is 41.9 Å². The number of phenolic OH excluding ortho intramolecular Hbond substituents is 1. The summed E-state index contributed by atoms with van der Waals surface area (Å²) >= 11 is 0.